The van der Waals surface area contributed by atoms with Crippen molar-refractivity contribution in [3.05, 3.63) is 81.6 Å². The highest BCUT2D eigenvalue weighted by Crippen LogP contribution is 2.30. The van der Waals surface area contributed by atoms with Gasteiger partial charge in [0.15, 0.2) is 0 Å². The molecule has 1 aromatic rings. The van der Waals surface area contributed by atoms with Gasteiger partial charge in [0.25, 0.3) is 0 Å². The number of aliphatic hydroxyl groups is 1. The number of hydrogen-bond donors (Lipinski definition) is 1. The quantitative estimate of drug-likeness (QED) is 0.332. The van der Waals surface area contributed by atoms with Gasteiger partial charge in [0, 0.05) is 6.54 Å². The van der Waals surface area contributed by atoms with Crippen LogP contribution in [0.5, 0.6) is 0 Å². The zero-order valence-corrected chi connectivity index (χ0v) is 20.3. The Balaban J connectivity index is 1.55. The molecule has 1 unspecified atom stereocenters. The first-order valence-electron chi connectivity index (χ1n) is 11.1. The number of benzene rings is 1. The average Bonchev–Trinajstić information content (AvgIpc) is 3.02. The lowest BCUT2D eigenvalue weighted by Gasteiger charge is -2.33. The maximum absolute atomic E-state index is 10.9. The van der Waals surface area contributed by atoms with Crippen LogP contribution in [0, 0.1) is 5.92 Å². The lowest BCUT2D eigenvalue weighted by molar-refractivity contribution is 0.0893. The Morgan fingerprint density at radius 1 is 1.26 bits per heavy atom. The first-order chi connectivity index (χ1) is 15.0. The van der Waals surface area contributed by atoms with Crippen LogP contribution in [-0.2, 0) is 4.74 Å². The Kier molecular flexibility index (Phi) is 8.94. The van der Waals surface area contributed by atoms with Crippen molar-refractivity contribution in [3.63, 3.8) is 0 Å². The van der Waals surface area contributed by atoms with E-state index in [2.05, 4.69) is 82.9 Å². The molecule has 0 bridgehead atoms. The van der Waals surface area contributed by atoms with E-state index in [-0.39, 0.29) is 0 Å². The van der Waals surface area contributed by atoms with Crippen molar-refractivity contribution in [2.45, 2.75) is 38.7 Å². The zero-order chi connectivity index (χ0) is 22.2. The molecule has 3 rings (SSSR count). The van der Waals surface area contributed by atoms with Gasteiger partial charge in [-0.1, -0.05) is 58.9 Å². The van der Waals surface area contributed by atoms with E-state index in [0.717, 1.165) is 54.6 Å². The molecule has 4 heteroatoms. The van der Waals surface area contributed by atoms with Crippen LogP contribution in [0.1, 0.15) is 55.4 Å². The molecule has 166 valence electrons. The molecule has 1 aromatic carbocycles. The van der Waals surface area contributed by atoms with Gasteiger partial charge >= 0.3 is 0 Å². The normalized spacial score (nSPS) is 19.4. The number of ether oxygens (including phenoxy) is 1. The van der Waals surface area contributed by atoms with Gasteiger partial charge in [-0.3, -0.25) is 0 Å². The highest BCUT2D eigenvalue weighted by molar-refractivity contribution is 9.11. The Morgan fingerprint density at radius 2 is 1.97 bits per heavy atom. The summed E-state index contributed by atoms with van der Waals surface area (Å²) in [6.07, 6.45) is 16.3. The number of hydrogen-bond acceptors (Lipinski definition) is 3. The van der Waals surface area contributed by atoms with E-state index in [0.29, 0.717) is 12.5 Å². The number of likely N-dealkylation sites (tertiary alicyclic amines) is 1. The summed E-state index contributed by atoms with van der Waals surface area (Å²) >= 11 is 3.65. The Bertz CT molecular complexity index is 884. The Morgan fingerprint density at radius 3 is 2.61 bits per heavy atom. The first kappa shape index (κ1) is 23.8. The smallest absolute Gasteiger partial charge is 0.118 e. The predicted octanol–water partition coefficient (Wildman–Crippen LogP) is 6.64. The van der Waals surface area contributed by atoms with E-state index in [1.807, 2.05) is 0 Å². The van der Waals surface area contributed by atoms with Gasteiger partial charge < -0.3 is 14.7 Å². The molecule has 0 aromatic heterocycles. The number of fused-ring (bicyclic) bond motifs is 1. The van der Waals surface area contributed by atoms with Crippen LogP contribution in [0.25, 0.3) is 12.2 Å². The van der Waals surface area contributed by atoms with Gasteiger partial charge in [-0.05, 0) is 96.6 Å². The molecule has 1 fully saturated rings. The van der Waals surface area contributed by atoms with E-state index in [9.17, 15) is 5.11 Å². The van der Waals surface area contributed by atoms with E-state index in [4.69, 9.17) is 4.74 Å². The molecule has 1 N–H and O–H groups in total. The zero-order valence-electron chi connectivity index (χ0n) is 18.7. The van der Waals surface area contributed by atoms with E-state index in [1.54, 1.807) is 13.2 Å². The van der Waals surface area contributed by atoms with Gasteiger partial charge in [0.05, 0.1) is 13.2 Å². The first-order valence-corrected chi connectivity index (χ1v) is 11.9. The second-order valence-electron chi connectivity index (χ2n) is 8.41. The van der Waals surface area contributed by atoms with Crippen molar-refractivity contribution in [3.8, 4) is 0 Å². The third-order valence-corrected chi connectivity index (χ3v) is 6.71. The van der Waals surface area contributed by atoms with Crippen LogP contribution in [0.2, 0.25) is 0 Å². The molecule has 0 spiro atoms. The van der Waals surface area contributed by atoms with Gasteiger partial charge in [0.2, 0.25) is 0 Å². The number of halogens is 1. The van der Waals surface area contributed by atoms with E-state index >= 15 is 0 Å². The molecule has 3 nitrogen and oxygen atoms in total. The minimum atomic E-state index is -0.456. The molecule has 1 atom stereocenters. The number of allylic oxidation sites excluding steroid dienone is 6. The summed E-state index contributed by atoms with van der Waals surface area (Å²) in [5, 5.41) is 10.9. The molecular weight excluding hydrogens is 450 g/mol. The SMILES string of the molecule is C=C/C(=C\C(CC1CCN(CC(O)c2ccc3c(c2)C=CCC=C3)CC1)=C(/C)Br)OC. The van der Waals surface area contributed by atoms with Crippen molar-refractivity contribution < 1.29 is 9.84 Å². The van der Waals surface area contributed by atoms with Gasteiger partial charge in [-0.15, -0.1) is 0 Å². The summed E-state index contributed by atoms with van der Waals surface area (Å²) in [6.45, 7) is 8.63. The third kappa shape index (κ3) is 6.80. The predicted molar refractivity (Wildman–Crippen MR) is 135 cm³/mol. The Hall–Kier alpha value is -1.88. The molecular formula is C27H34BrNO2. The van der Waals surface area contributed by atoms with Crippen molar-refractivity contribution in [1.29, 1.82) is 0 Å². The van der Waals surface area contributed by atoms with E-state index in [1.165, 1.54) is 16.7 Å². The molecule has 0 saturated carbocycles. The van der Waals surface area contributed by atoms with E-state index < -0.39 is 6.10 Å². The highest BCUT2D eigenvalue weighted by Gasteiger charge is 2.23. The topological polar surface area (TPSA) is 32.7 Å². The summed E-state index contributed by atoms with van der Waals surface area (Å²) in [5.74, 6) is 1.43. The van der Waals surface area contributed by atoms with Crippen molar-refractivity contribution in [2.75, 3.05) is 26.7 Å². The summed E-state index contributed by atoms with van der Waals surface area (Å²) in [4.78, 5) is 2.40. The molecule has 0 amide bonds. The summed E-state index contributed by atoms with van der Waals surface area (Å²) in [7, 11) is 1.68. The average molecular weight is 484 g/mol. The van der Waals surface area contributed by atoms with Crippen molar-refractivity contribution >= 4 is 28.1 Å². The van der Waals surface area contributed by atoms with Crippen LogP contribution in [-0.4, -0.2) is 36.8 Å². The fraction of sp³-hybridized carbons (Fsp3) is 0.407. The fourth-order valence-electron chi connectivity index (χ4n) is 4.27. The fourth-order valence-corrected chi connectivity index (χ4v) is 4.55. The van der Waals surface area contributed by atoms with Crippen molar-refractivity contribution in [2.24, 2.45) is 5.92 Å². The van der Waals surface area contributed by atoms with Crippen LogP contribution in [0.3, 0.4) is 0 Å². The minimum absolute atomic E-state index is 0.456. The van der Waals surface area contributed by atoms with Crippen LogP contribution >= 0.6 is 15.9 Å². The molecule has 2 aliphatic rings. The van der Waals surface area contributed by atoms with Gasteiger partial charge in [0.1, 0.15) is 5.76 Å². The summed E-state index contributed by atoms with van der Waals surface area (Å²) in [5.41, 5.74) is 4.68. The van der Waals surface area contributed by atoms with Gasteiger partial charge in [-0.2, -0.15) is 0 Å². The lowest BCUT2D eigenvalue weighted by atomic mass is 9.89. The molecule has 1 heterocycles. The molecule has 1 saturated heterocycles. The largest absolute Gasteiger partial charge is 0.497 e. The Labute approximate surface area is 195 Å². The second kappa shape index (κ2) is 11.7. The number of aliphatic hydroxyl groups excluding tert-OH is 1. The highest BCUT2D eigenvalue weighted by atomic mass is 79.9. The molecule has 0 radical (unpaired) electrons. The monoisotopic (exact) mass is 483 g/mol. The summed E-state index contributed by atoms with van der Waals surface area (Å²) in [6, 6.07) is 6.32. The number of piperidine rings is 1. The number of β-amino-alcohol motifs (C(OH)–C–C–N with tert-alkyl or cyclic N) is 1. The maximum atomic E-state index is 10.9. The van der Waals surface area contributed by atoms with Crippen molar-refractivity contribution in [1.82, 2.24) is 4.90 Å². The van der Waals surface area contributed by atoms with Crippen LogP contribution in [0.15, 0.2) is 64.9 Å². The minimum Gasteiger partial charge on any atom is -0.497 e. The maximum Gasteiger partial charge on any atom is 0.118 e. The van der Waals surface area contributed by atoms with Crippen LogP contribution < -0.4 is 0 Å². The number of nitrogens with zero attached hydrogens (tertiary/aromatic N) is 1. The molecule has 31 heavy (non-hydrogen) atoms. The number of rotatable bonds is 8. The standard InChI is InChI=1S/C27H34BrNO2/c1-4-26(31-3)18-25(20(2)28)16-21-12-14-29(15-13-21)19-27(30)24-11-10-22-8-6-5-7-9-23(22)17-24/h4,6-11,17-18,21,27,30H,1,5,12-16,19H2,2-3H3/b25-20+,26-18+. The molecule has 1 aliphatic heterocycles. The third-order valence-electron chi connectivity index (χ3n) is 6.21. The van der Waals surface area contributed by atoms with Crippen LogP contribution in [0.4, 0.5) is 0 Å². The van der Waals surface area contributed by atoms with Gasteiger partial charge in [-0.25, -0.2) is 0 Å². The lowest BCUT2D eigenvalue weighted by Crippen LogP contribution is -2.36. The number of methoxy groups -OCH3 is 1. The second-order valence-corrected chi connectivity index (χ2v) is 9.60. The molecule has 1 aliphatic carbocycles. The summed E-state index contributed by atoms with van der Waals surface area (Å²) < 4.78 is 6.50.